The van der Waals surface area contributed by atoms with Gasteiger partial charge in [-0.3, -0.25) is 4.79 Å². The van der Waals surface area contributed by atoms with E-state index in [4.69, 9.17) is 9.84 Å². The number of likely N-dealkylation sites (tertiary alicyclic amines) is 1. The lowest BCUT2D eigenvalue weighted by atomic mass is 9.81. The van der Waals surface area contributed by atoms with E-state index in [1.165, 1.54) is 6.07 Å². The van der Waals surface area contributed by atoms with Crippen LogP contribution in [0.3, 0.4) is 0 Å². The third kappa shape index (κ3) is 3.19. The van der Waals surface area contributed by atoms with E-state index in [0.717, 1.165) is 24.2 Å². The van der Waals surface area contributed by atoms with Gasteiger partial charge in [0, 0.05) is 20.2 Å². The topological polar surface area (TPSA) is 66.8 Å². The Balaban J connectivity index is 1.99. The van der Waals surface area contributed by atoms with Crippen LogP contribution in [0.5, 0.6) is 0 Å². The fraction of sp³-hybridized carbons (Fsp3) is 0.571. The van der Waals surface area contributed by atoms with E-state index in [0.29, 0.717) is 24.6 Å². The SMILES string of the molecule is COCC1(C)CCN(C(=O)c2ccc(C(=O)O)s2)CC1. The molecule has 0 saturated carbocycles. The Morgan fingerprint density at radius 1 is 1.35 bits per heavy atom. The van der Waals surface area contributed by atoms with E-state index in [1.54, 1.807) is 18.1 Å². The molecule has 20 heavy (non-hydrogen) atoms. The van der Waals surface area contributed by atoms with Gasteiger partial charge < -0.3 is 14.7 Å². The van der Waals surface area contributed by atoms with Gasteiger partial charge in [-0.1, -0.05) is 6.92 Å². The molecule has 2 rings (SSSR count). The Hall–Kier alpha value is -1.40. The summed E-state index contributed by atoms with van der Waals surface area (Å²) in [5.74, 6) is -1.05. The van der Waals surface area contributed by atoms with E-state index < -0.39 is 5.97 Å². The predicted molar refractivity (Wildman–Crippen MR) is 76.4 cm³/mol. The number of methoxy groups -OCH3 is 1. The third-order valence-electron chi connectivity index (χ3n) is 3.78. The molecule has 0 aliphatic carbocycles. The van der Waals surface area contributed by atoms with Gasteiger partial charge in [0.05, 0.1) is 11.5 Å². The zero-order chi connectivity index (χ0) is 14.8. The number of ether oxygens (including phenoxy) is 1. The number of carboxylic acids is 1. The number of hydrogen-bond donors (Lipinski definition) is 1. The number of amides is 1. The first-order valence-electron chi connectivity index (χ1n) is 6.56. The second kappa shape index (κ2) is 5.93. The molecule has 1 aromatic rings. The number of nitrogens with zero attached hydrogens (tertiary/aromatic N) is 1. The van der Waals surface area contributed by atoms with E-state index in [1.807, 2.05) is 0 Å². The second-order valence-corrected chi connectivity index (χ2v) is 6.59. The number of thiophene rings is 1. The van der Waals surface area contributed by atoms with Gasteiger partial charge in [-0.15, -0.1) is 11.3 Å². The molecule has 1 aliphatic heterocycles. The van der Waals surface area contributed by atoms with Crippen molar-refractivity contribution in [3.63, 3.8) is 0 Å². The highest BCUT2D eigenvalue weighted by atomic mass is 32.1. The van der Waals surface area contributed by atoms with E-state index in [-0.39, 0.29) is 16.2 Å². The summed E-state index contributed by atoms with van der Waals surface area (Å²) in [6, 6.07) is 3.08. The molecule has 6 heteroatoms. The second-order valence-electron chi connectivity index (χ2n) is 5.50. The Labute approximate surface area is 122 Å². The van der Waals surface area contributed by atoms with E-state index >= 15 is 0 Å². The molecule has 1 fully saturated rings. The lowest BCUT2D eigenvalue weighted by molar-refractivity contribution is 0.0304. The summed E-state index contributed by atoms with van der Waals surface area (Å²) in [6.45, 7) is 4.27. The van der Waals surface area contributed by atoms with Crippen LogP contribution in [0.2, 0.25) is 0 Å². The molecule has 0 aromatic carbocycles. The first kappa shape index (κ1) is 15.0. The Morgan fingerprint density at radius 2 is 1.95 bits per heavy atom. The minimum absolute atomic E-state index is 0.0676. The Bertz CT molecular complexity index is 503. The minimum Gasteiger partial charge on any atom is -0.477 e. The smallest absolute Gasteiger partial charge is 0.345 e. The van der Waals surface area contributed by atoms with Crippen molar-refractivity contribution in [2.75, 3.05) is 26.8 Å². The quantitative estimate of drug-likeness (QED) is 0.926. The van der Waals surface area contributed by atoms with Crippen molar-refractivity contribution < 1.29 is 19.4 Å². The molecule has 0 spiro atoms. The summed E-state index contributed by atoms with van der Waals surface area (Å²) < 4.78 is 5.23. The fourth-order valence-corrected chi connectivity index (χ4v) is 3.28. The van der Waals surface area contributed by atoms with Crippen molar-refractivity contribution in [1.29, 1.82) is 0 Å². The molecule has 1 saturated heterocycles. The summed E-state index contributed by atoms with van der Waals surface area (Å²) in [5.41, 5.74) is 0.132. The highest BCUT2D eigenvalue weighted by Crippen LogP contribution is 2.32. The third-order valence-corrected chi connectivity index (χ3v) is 4.84. The molecule has 2 heterocycles. The summed E-state index contributed by atoms with van der Waals surface area (Å²) in [7, 11) is 1.70. The predicted octanol–water partition coefficient (Wildman–Crippen LogP) is 2.34. The molecule has 1 aromatic heterocycles. The van der Waals surface area contributed by atoms with Crippen molar-refractivity contribution in [3.05, 3.63) is 21.9 Å². The van der Waals surface area contributed by atoms with Crippen LogP contribution in [0.15, 0.2) is 12.1 Å². The number of aromatic carboxylic acids is 1. The normalized spacial score (nSPS) is 18.0. The molecule has 1 amide bonds. The largest absolute Gasteiger partial charge is 0.477 e. The number of carboxylic acid groups (broad SMARTS) is 1. The average molecular weight is 297 g/mol. The zero-order valence-electron chi connectivity index (χ0n) is 11.7. The van der Waals surface area contributed by atoms with Crippen LogP contribution < -0.4 is 0 Å². The maximum absolute atomic E-state index is 12.3. The van der Waals surface area contributed by atoms with E-state index in [2.05, 4.69) is 6.92 Å². The minimum atomic E-state index is -0.986. The highest BCUT2D eigenvalue weighted by molar-refractivity contribution is 7.15. The molecule has 0 atom stereocenters. The molecular formula is C14H19NO4S. The average Bonchev–Trinajstić information content (AvgIpc) is 2.88. The summed E-state index contributed by atoms with van der Waals surface area (Å²) in [6.07, 6.45) is 1.81. The molecular weight excluding hydrogens is 278 g/mol. The number of carbonyl (C=O) groups excluding carboxylic acids is 1. The van der Waals surface area contributed by atoms with Crippen molar-refractivity contribution in [2.45, 2.75) is 19.8 Å². The van der Waals surface area contributed by atoms with Gasteiger partial charge in [-0.2, -0.15) is 0 Å². The molecule has 0 unspecified atom stereocenters. The monoisotopic (exact) mass is 297 g/mol. The summed E-state index contributed by atoms with van der Waals surface area (Å²) in [4.78, 5) is 25.7. The first-order valence-corrected chi connectivity index (χ1v) is 7.38. The van der Waals surface area contributed by atoms with Crippen molar-refractivity contribution >= 4 is 23.2 Å². The Kier molecular flexibility index (Phi) is 4.45. The molecule has 0 bridgehead atoms. The number of rotatable bonds is 4. The Morgan fingerprint density at radius 3 is 2.45 bits per heavy atom. The molecule has 1 aliphatic rings. The van der Waals surface area contributed by atoms with Gasteiger partial charge in [0.15, 0.2) is 0 Å². The van der Waals surface area contributed by atoms with Crippen molar-refractivity contribution in [1.82, 2.24) is 4.90 Å². The van der Waals surface area contributed by atoms with Gasteiger partial charge >= 0.3 is 5.97 Å². The zero-order valence-corrected chi connectivity index (χ0v) is 12.5. The van der Waals surface area contributed by atoms with Gasteiger partial charge in [0.2, 0.25) is 0 Å². The van der Waals surface area contributed by atoms with Crippen LogP contribution in [-0.4, -0.2) is 48.7 Å². The lowest BCUT2D eigenvalue weighted by Crippen LogP contribution is -2.43. The van der Waals surface area contributed by atoms with Crippen LogP contribution in [0.4, 0.5) is 0 Å². The van der Waals surface area contributed by atoms with Crippen LogP contribution in [0.1, 0.15) is 39.1 Å². The lowest BCUT2D eigenvalue weighted by Gasteiger charge is -2.38. The van der Waals surface area contributed by atoms with Crippen molar-refractivity contribution in [2.24, 2.45) is 5.41 Å². The summed E-state index contributed by atoms with van der Waals surface area (Å²) >= 11 is 1.04. The molecule has 110 valence electrons. The van der Waals surface area contributed by atoms with E-state index in [9.17, 15) is 9.59 Å². The van der Waals surface area contributed by atoms with Crippen LogP contribution >= 0.6 is 11.3 Å². The number of carbonyl (C=O) groups is 2. The number of piperidine rings is 1. The molecule has 5 nitrogen and oxygen atoms in total. The first-order chi connectivity index (χ1) is 9.45. The van der Waals surface area contributed by atoms with Crippen molar-refractivity contribution in [3.8, 4) is 0 Å². The maximum Gasteiger partial charge on any atom is 0.345 e. The maximum atomic E-state index is 12.3. The highest BCUT2D eigenvalue weighted by Gasteiger charge is 2.32. The van der Waals surface area contributed by atoms with Gasteiger partial charge in [-0.25, -0.2) is 4.79 Å². The van der Waals surface area contributed by atoms with Crippen LogP contribution in [-0.2, 0) is 4.74 Å². The molecule has 0 radical (unpaired) electrons. The summed E-state index contributed by atoms with van der Waals surface area (Å²) in [5, 5.41) is 8.89. The number of hydrogen-bond acceptors (Lipinski definition) is 4. The van der Waals surface area contributed by atoms with Gasteiger partial charge in [0.25, 0.3) is 5.91 Å². The molecule has 1 N–H and O–H groups in total. The van der Waals surface area contributed by atoms with Gasteiger partial charge in [-0.05, 0) is 30.4 Å². The standard InChI is InChI=1S/C14H19NO4S/c1-14(9-19-2)5-7-15(8-6-14)12(16)10-3-4-11(20-10)13(17)18/h3-4H,5-9H2,1-2H3,(H,17,18). The van der Waals surface area contributed by atoms with Gasteiger partial charge in [0.1, 0.15) is 4.88 Å². The van der Waals surface area contributed by atoms with Crippen LogP contribution in [0, 0.1) is 5.41 Å². The van der Waals surface area contributed by atoms with Crippen LogP contribution in [0.25, 0.3) is 0 Å². The fourth-order valence-electron chi connectivity index (χ4n) is 2.47.